The molecule has 21 heavy (non-hydrogen) atoms. The monoisotopic (exact) mass is 311 g/mol. The first-order valence-corrected chi connectivity index (χ1v) is 8.32. The number of nitrogens with zero attached hydrogens (tertiary/aromatic N) is 2. The lowest BCUT2D eigenvalue weighted by Gasteiger charge is -2.09. The first kappa shape index (κ1) is 15.5. The number of rotatable bonds is 4. The Morgan fingerprint density at radius 1 is 1.33 bits per heavy atom. The molecule has 0 saturated heterocycles. The number of hydrogen-bond donors (Lipinski definition) is 1. The van der Waals surface area contributed by atoms with Gasteiger partial charge in [-0.3, -0.25) is 4.68 Å². The van der Waals surface area contributed by atoms with Crippen molar-refractivity contribution in [3.63, 3.8) is 0 Å². The normalized spacial score (nSPS) is 11.7. The molecule has 2 rings (SSSR count). The molecule has 0 aliphatic rings. The molecule has 0 aliphatic heterocycles. The van der Waals surface area contributed by atoms with E-state index < -0.39 is 15.7 Å². The number of anilines is 1. The van der Waals surface area contributed by atoms with Crippen LogP contribution in [0, 0.1) is 19.7 Å². The fraction of sp³-hybridized carbons (Fsp3) is 0.357. The summed E-state index contributed by atoms with van der Waals surface area (Å²) in [4.78, 5) is 0.0889. The van der Waals surface area contributed by atoms with Gasteiger partial charge in [-0.25, -0.2) is 12.8 Å². The van der Waals surface area contributed by atoms with E-state index in [0.717, 1.165) is 29.3 Å². The Kier molecular flexibility index (Phi) is 4.04. The van der Waals surface area contributed by atoms with Gasteiger partial charge in [-0.15, -0.1) is 0 Å². The molecule has 0 fully saturated rings. The number of benzene rings is 1. The summed E-state index contributed by atoms with van der Waals surface area (Å²) >= 11 is 0. The number of aryl methyl sites for hydroxylation is 2. The molecule has 0 amide bonds. The van der Waals surface area contributed by atoms with Gasteiger partial charge >= 0.3 is 0 Å². The fourth-order valence-electron chi connectivity index (χ4n) is 2.13. The van der Waals surface area contributed by atoms with E-state index in [1.165, 1.54) is 12.1 Å². The van der Waals surface area contributed by atoms with Crippen molar-refractivity contribution in [2.24, 2.45) is 7.05 Å². The van der Waals surface area contributed by atoms with Gasteiger partial charge in [0.05, 0.1) is 16.3 Å². The van der Waals surface area contributed by atoms with Crippen molar-refractivity contribution in [2.45, 2.75) is 25.3 Å². The second-order valence-corrected chi connectivity index (χ2v) is 7.06. The van der Waals surface area contributed by atoms with Crippen molar-refractivity contribution in [3.8, 4) is 0 Å². The van der Waals surface area contributed by atoms with Gasteiger partial charge in [0.15, 0.2) is 9.84 Å². The van der Waals surface area contributed by atoms with E-state index in [1.807, 2.05) is 20.9 Å². The second kappa shape index (κ2) is 5.48. The fourth-order valence-corrected chi connectivity index (χ4v) is 2.77. The Labute approximate surface area is 123 Å². The molecular weight excluding hydrogens is 293 g/mol. The smallest absolute Gasteiger partial charge is 0.175 e. The third-order valence-corrected chi connectivity index (χ3v) is 4.59. The maximum absolute atomic E-state index is 13.8. The van der Waals surface area contributed by atoms with Crippen molar-refractivity contribution >= 4 is 15.5 Å². The van der Waals surface area contributed by atoms with Gasteiger partial charge in [-0.2, -0.15) is 5.10 Å². The highest BCUT2D eigenvalue weighted by Gasteiger charge is 2.13. The maximum Gasteiger partial charge on any atom is 0.175 e. The molecule has 1 heterocycles. The first-order valence-electron chi connectivity index (χ1n) is 6.42. The van der Waals surface area contributed by atoms with E-state index in [9.17, 15) is 12.8 Å². The molecule has 5 nitrogen and oxygen atoms in total. The summed E-state index contributed by atoms with van der Waals surface area (Å²) in [5.74, 6) is -0.485. The molecular formula is C14H18FN3O2S. The molecule has 0 spiro atoms. The van der Waals surface area contributed by atoms with Crippen LogP contribution in [0.15, 0.2) is 23.1 Å². The summed E-state index contributed by atoms with van der Waals surface area (Å²) in [6.45, 7) is 4.20. The minimum atomic E-state index is -3.36. The van der Waals surface area contributed by atoms with Gasteiger partial charge in [0.2, 0.25) is 0 Å². The highest BCUT2D eigenvalue weighted by molar-refractivity contribution is 7.90. The zero-order valence-corrected chi connectivity index (χ0v) is 13.3. The number of halogens is 1. The van der Waals surface area contributed by atoms with Gasteiger partial charge < -0.3 is 5.32 Å². The summed E-state index contributed by atoms with van der Waals surface area (Å²) in [5.41, 5.74) is 2.99. The molecule has 1 N–H and O–H groups in total. The average molecular weight is 311 g/mol. The predicted octanol–water partition coefficient (Wildman–Crippen LogP) is 2.19. The molecule has 114 valence electrons. The maximum atomic E-state index is 13.8. The van der Waals surface area contributed by atoms with Crippen molar-refractivity contribution in [3.05, 3.63) is 41.0 Å². The largest absolute Gasteiger partial charge is 0.378 e. The molecule has 1 aromatic heterocycles. The number of aromatic nitrogens is 2. The van der Waals surface area contributed by atoms with Crippen LogP contribution in [0.25, 0.3) is 0 Å². The number of hydrogen-bond acceptors (Lipinski definition) is 4. The molecule has 7 heteroatoms. The summed E-state index contributed by atoms with van der Waals surface area (Å²) < 4.78 is 38.6. The number of sulfone groups is 1. The molecule has 0 aliphatic carbocycles. The van der Waals surface area contributed by atoms with Crippen LogP contribution in [0.5, 0.6) is 0 Å². The minimum Gasteiger partial charge on any atom is -0.378 e. The van der Waals surface area contributed by atoms with Gasteiger partial charge in [0.25, 0.3) is 0 Å². The Bertz CT molecular complexity index is 782. The average Bonchev–Trinajstić information content (AvgIpc) is 2.62. The van der Waals surface area contributed by atoms with E-state index in [1.54, 1.807) is 4.68 Å². The van der Waals surface area contributed by atoms with Gasteiger partial charge in [0.1, 0.15) is 5.82 Å². The Morgan fingerprint density at radius 3 is 2.52 bits per heavy atom. The molecule has 0 bridgehead atoms. The quantitative estimate of drug-likeness (QED) is 0.879. The molecule has 1 aromatic carbocycles. The lowest BCUT2D eigenvalue weighted by molar-refractivity contribution is 0.600. The summed E-state index contributed by atoms with van der Waals surface area (Å²) in [7, 11) is -1.52. The molecule has 0 saturated carbocycles. The third-order valence-electron chi connectivity index (χ3n) is 3.48. The zero-order valence-electron chi connectivity index (χ0n) is 12.4. The van der Waals surface area contributed by atoms with Gasteiger partial charge in [-0.05, 0) is 32.0 Å². The van der Waals surface area contributed by atoms with Crippen molar-refractivity contribution in [2.75, 3.05) is 11.6 Å². The standard InChI is InChI=1S/C14H18FN3O2S/c1-9-12(10(2)18(3)17-9)8-16-14-7-11(21(4,19)20)5-6-13(14)15/h5-7,16H,8H2,1-4H3. The molecule has 0 unspecified atom stereocenters. The van der Waals surface area contributed by atoms with Crippen LogP contribution in [-0.4, -0.2) is 24.5 Å². The van der Waals surface area contributed by atoms with Crippen LogP contribution in [0.3, 0.4) is 0 Å². The molecule has 0 radical (unpaired) electrons. The summed E-state index contributed by atoms with van der Waals surface area (Å²) in [6, 6.07) is 3.73. The Hall–Kier alpha value is -1.89. The minimum absolute atomic E-state index is 0.0889. The van der Waals surface area contributed by atoms with Gasteiger partial charge in [-0.1, -0.05) is 0 Å². The van der Waals surface area contributed by atoms with Crippen LogP contribution in [0.1, 0.15) is 17.0 Å². The third kappa shape index (κ3) is 3.24. The van der Waals surface area contributed by atoms with E-state index in [2.05, 4.69) is 10.4 Å². The van der Waals surface area contributed by atoms with E-state index in [4.69, 9.17) is 0 Å². The lowest BCUT2D eigenvalue weighted by Crippen LogP contribution is -2.06. The van der Waals surface area contributed by atoms with E-state index in [-0.39, 0.29) is 10.6 Å². The van der Waals surface area contributed by atoms with Crippen LogP contribution < -0.4 is 5.32 Å². The Morgan fingerprint density at radius 2 is 2.00 bits per heavy atom. The predicted molar refractivity (Wildman–Crippen MR) is 79.5 cm³/mol. The molecule has 0 atom stereocenters. The highest BCUT2D eigenvalue weighted by Crippen LogP contribution is 2.21. The first-order chi connectivity index (χ1) is 9.70. The number of nitrogens with one attached hydrogen (secondary N) is 1. The van der Waals surface area contributed by atoms with Crippen LogP contribution >= 0.6 is 0 Å². The molecule has 2 aromatic rings. The SMILES string of the molecule is Cc1nn(C)c(C)c1CNc1cc(S(C)(=O)=O)ccc1F. The van der Waals surface area contributed by atoms with Crippen molar-refractivity contribution in [1.82, 2.24) is 9.78 Å². The van der Waals surface area contributed by atoms with E-state index >= 15 is 0 Å². The van der Waals surface area contributed by atoms with Crippen LogP contribution in [0.2, 0.25) is 0 Å². The van der Waals surface area contributed by atoms with Gasteiger partial charge in [0, 0.05) is 31.1 Å². The van der Waals surface area contributed by atoms with E-state index in [0.29, 0.717) is 6.54 Å². The zero-order chi connectivity index (χ0) is 15.8. The topological polar surface area (TPSA) is 64.0 Å². The van der Waals surface area contributed by atoms with Crippen molar-refractivity contribution < 1.29 is 12.8 Å². The van der Waals surface area contributed by atoms with Crippen molar-refractivity contribution in [1.29, 1.82) is 0 Å². The Balaban J connectivity index is 2.28. The lowest BCUT2D eigenvalue weighted by atomic mass is 10.2. The van der Waals surface area contributed by atoms with Crippen LogP contribution in [-0.2, 0) is 23.4 Å². The second-order valence-electron chi connectivity index (χ2n) is 5.04. The summed E-state index contributed by atoms with van der Waals surface area (Å²) in [5, 5.41) is 7.23. The highest BCUT2D eigenvalue weighted by atomic mass is 32.2. The summed E-state index contributed by atoms with van der Waals surface area (Å²) in [6.07, 6.45) is 1.10. The van der Waals surface area contributed by atoms with Crippen LogP contribution in [0.4, 0.5) is 10.1 Å².